The van der Waals surface area contributed by atoms with E-state index in [-0.39, 0.29) is 23.4 Å². The van der Waals surface area contributed by atoms with Gasteiger partial charge in [0.05, 0.1) is 0 Å². The van der Waals surface area contributed by atoms with E-state index in [1.54, 1.807) is 0 Å². The number of Topliss-reactive ketones (excluding diaryl/α,β-unsaturated/α-hetero) is 1. The summed E-state index contributed by atoms with van der Waals surface area (Å²) in [6.45, 7) is 2.63. The minimum absolute atomic E-state index is 0.199. The SMILES string of the molecule is O=C1CC(C2=CCCN(C3=NCCC=N3)CC2)CC1c1cc(F)cc(Br)c1. The first kappa shape index (κ1) is 18.5. The van der Waals surface area contributed by atoms with Crippen LogP contribution in [0.3, 0.4) is 0 Å². The van der Waals surface area contributed by atoms with Crippen LogP contribution in [0, 0.1) is 11.7 Å². The van der Waals surface area contributed by atoms with Crippen molar-refractivity contribution in [2.45, 2.75) is 38.0 Å². The summed E-state index contributed by atoms with van der Waals surface area (Å²) in [4.78, 5) is 23.8. The molecule has 1 aromatic carbocycles. The topological polar surface area (TPSA) is 45.0 Å². The molecular formula is C21H23BrFN3O. The van der Waals surface area contributed by atoms with Gasteiger partial charge in [0, 0.05) is 49.1 Å². The summed E-state index contributed by atoms with van der Waals surface area (Å²) in [6, 6.07) is 4.80. The molecule has 0 spiro atoms. The smallest absolute Gasteiger partial charge is 0.220 e. The van der Waals surface area contributed by atoms with E-state index in [1.807, 2.05) is 12.3 Å². The van der Waals surface area contributed by atoms with Crippen LogP contribution in [-0.4, -0.2) is 42.5 Å². The van der Waals surface area contributed by atoms with Crippen molar-refractivity contribution in [1.82, 2.24) is 4.90 Å². The predicted octanol–water partition coefficient (Wildman–Crippen LogP) is 4.50. The number of halogens is 2. The molecule has 1 fully saturated rings. The first-order valence-corrected chi connectivity index (χ1v) is 10.4. The molecule has 2 heterocycles. The second-order valence-corrected chi connectivity index (χ2v) is 8.36. The molecule has 0 saturated heterocycles. The molecule has 27 heavy (non-hydrogen) atoms. The van der Waals surface area contributed by atoms with Gasteiger partial charge in [-0.1, -0.05) is 27.6 Å². The van der Waals surface area contributed by atoms with Crippen LogP contribution >= 0.6 is 15.9 Å². The zero-order valence-corrected chi connectivity index (χ0v) is 16.8. The Morgan fingerprint density at radius 1 is 1.19 bits per heavy atom. The van der Waals surface area contributed by atoms with Gasteiger partial charge in [0.25, 0.3) is 0 Å². The third kappa shape index (κ3) is 4.21. The number of nitrogens with zero attached hydrogens (tertiary/aromatic N) is 3. The molecule has 1 saturated carbocycles. The van der Waals surface area contributed by atoms with Gasteiger partial charge in [-0.15, -0.1) is 0 Å². The lowest BCUT2D eigenvalue weighted by Crippen LogP contribution is -2.32. The minimum Gasteiger partial charge on any atom is -0.341 e. The van der Waals surface area contributed by atoms with E-state index in [2.05, 4.69) is 36.9 Å². The number of hydrogen-bond donors (Lipinski definition) is 0. The van der Waals surface area contributed by atoms with Gasteiger partial charge in [0.1, 0.15) is 11.6 Å². The molecule has 6 heteroatoms. The van der Waals surface area contributed by atoms with Gasteiger partial charge in [-0.3, -0.25) is 9.79 Å². The lowest BCUT2D eigenvalue weighted by Gasteiger charge is -2.23. The van der Waals surface area contributed by atoms with Crippen molar-refractivity contribution in [3.63, 3.8) is 0 Å². The highest BCUT2D eigenvalue weighted by Gasteiger charge is 2.36. The van der Waals surface area contributed by atoms with E-state index in [0.717, 1.165) is 56.8 Å². The van der Waals surface area contributed by atoms with E-state index < -0.39 is 0 Å². The molecule has 0 N–H and O–H groups in total. The highest BCUT2D eigenvalue weighted by Crippen LogP contribution is 2.41. The second-order valence-electron chi connectivity index (χ2n) is 7.45. The number of ketones is 1. The number of aliphatic imine (C=N–C) groups is 2. The molecule has 142 valence electrons. The summed E-state index contributed by atoms with van der Waals surface area (Å²) in [5.74, 6) is 0.839. The maximum atomic E-state index is 13.8. The maximum Gasteiger partial charge on any atom is 0.220 e. The van der Waals surface area contributed by atoms with Crippen molar-refractivity contribution in [2.24, 2.45) is 15.9 Å². The summed E-state index contributed by atoms with van der Waals surface area (Å²) in [5, 5.41) is 0. The van der Waals surface area contributed by atoms with E-state index in [4.69, 9.17) is 0 Å². The van der Waals surface area contributed by atoms with Gasteiger partial charge in [-0.2, -0.15) is 0 Å². The first-order valence-electron chi connectivity index (χ1n) is 9.59. The Morgan fingerprint density at radius 3 is 2.85 bits per heavy atom. The number of benzene rings is 1. The Kier molecular flexibility index (Phi) is 5.53. The normalized spacial score (nSPS) is 26.0. The van der Waals surface area contributed by atoms with Crippen LogP contribution in [0.1, 0.15) is 43.6 Å². The summed E-state index contributed by atoms with van der Waals surface area (Å²) in [5.41, 5.74) is 2.15. The summed E-state index contributed by atoms with van der Waals surface area (Å²) < 4.78 is 14.4. The van der Waals surface area contributed by atoms with Crippen LogP contribution in [-0.2, 0) is 4.79 Å². The number of guanidine groups is 1. The molecule has 0 amide bonds. The highest BCUT2D eigenvalue weighted by molar-refractivity contribution is 9.10. The largest absolute Gasteiger partial charge is 0.341 e. The van der Waals surface area contributed by atoms with Crippen molar-refractivity contribution in [3.8, 4) is 0 Å². The fourth-order valence-electron chi connectivity index (χ4n) is 4.31. The molecule has 0 radical (unpaired) electrons. The molecule has 4 rings (SSSR count). The minimum atomic E-state index is -0.297. The molecule has 3 aliphatic rings. The van der Waals surface area contributed by atoms with Gasteiger partial charge in [-0.25, -0.2) is 9.38 Å². The third-order valence-corrected chi connectivity index (χ3v) is 6.10. The van der Waals surface area contributed by atoms with E-state index in [0.29, 0.717) is 10.9 Å². The van der Waals surface area contributed by atoms with Crippen molar-refractivity contribution in [2.75, 3.05) is 19.6 Å². The monoisotopic (exact) mass is 431 g/mol. The fourth-order valence-corrected chi connectivity index (χ4v) is 4.79. The number of rotatable bonds is 2. The average Bonchev–Trinajstić information content (AvgIpc) is 2.88. The van der Waals surface area contributed by atoms with Crippen LogP contribution in [0.15, 0.2) is 44.3 Å². The first-order chi connectivity index (χ1) is 13.1. The quantitative estimate of drug-likeness (QED) is 0.646. The van der Waals surface area contributed by atoms with Gasteiger partial charge in [0.2, 0.25) is 5.96 Å². The average molecular weight is 432 g/mol. The molecule has 2 atom stereocenters. The molecule has 4 nitrogen and oxygen atoms in total. The molecule has 0 aromatic heterocycles. The van der Waals surface area contributed by atoms with Gasteiger partial charge in [0.15, 0.2) is 0 Å². The molecule has 2 aliphatic heterocycles. The molecule has 1 aromatic rings. The van der Waals surface area contributed by atoms with Gasteiger partial charge in [-0.05, 0) is 48.9 Å². The van der Waals surface area contributed by atoms with Crippen molar-refractivity contribution < 1.29 is 9.18 Å². The Balaban J connectivity index is 1.43. The van der Waals surface area contributed by atoms with Crippen LogP contribution in [0.2, 0.25) is 0 Å². The molecule has 1 aliphatic carbocycles. The van der Waals surface area contributed by atoms with Crippen LogP contribution in [0.25, 0.3) is 0 Å². The van der Waals surface area contributed by atoms with Gasteiger partial charge >= 0.3 is 0 Å². The summed E-state index contributed by atoms with van der Waals surface area (Å²) >= 11 is 3.34. The molecule has 2 unspecified atom stereocenters. The zero-order chi connectivity index (χ0) is 18.8. The van der Waals surface area contributed by atoms with Crippen LogP contribution in [0.5, 0.6) is 0 Å². The molecular weight excluding hydrogens is 409 g/mol. The zero-order valence-electron chi connectivity index (χ0n) is 15.2. The number of hydrogen-bond acceptors (Lipinski definition) is 4. The Morgan fingerprint density at radius 2 is 2.07 bits per heavy atom. The molecule has 0 bridgehead atoms. The van der Waals surface area contributed by atoms with E-state index in [9.17, 15) is 9.18 Å². The Hall–Kier alpha value is -1.82. The van der Waals surface area contributed by atoms with Gasteiger partial charge < -0.3 is 4.90 Å². The Bertz CT molecular complexity index is 812. The van der Waals surface area contributed by atoms with Crippen LogP contribution in [0.4, 0.5) is 4.39 Å². The number of carbonyl (C=O) groups is 1. The van der Waals surface area contributed by atoms with Crippen molar-refractivity contribution in [3.05, 3.63) is 45.7 Å². The standard InChI is InChI=1S/C21H23BrFN3O/c22-17-9-16(10-18(23)13-17)19-11-15(12-20(19)27)14-3-1-7-26(8-4-14)21-24-5-2-6-25-21/h3,5,9-10,13,15,19H,1-2,4,6-8,11-12H2. The van der Waals surface area contributed by atoms with Crippen molar-refractivity contribution in [1.29, 1.82) is 0 Å². The lowest BCUT2D eigenvalue weighted by molar-refractivity contribution is -0.118. The predicted molar refractivity (Wildman–Crippen MR) is 109 cm³/mol. The third-order valence-electron chi connectivity index (χ3n) is 5.65. The maximum absolute atomic E-state index is 13.8. The van der Waals surface area contributed by atoms with E-state index >= 15 is 0 Å². The summed E-state index contributed by atoms with van der Waals surface area (Å²) in [7, 11) is 0. The highest BCUT2D eigenvalue weighted by atomic mass is 79.9. The number of carbonyl (C=O) groups excluding carboxylic acids is 1. The summed E-state index contributed by atoms with van der Waals surface area (Å²) in [6.07, 6.45) is 8.39. The second kappa shape index (κ2) is 8.05. The van der Waals surface area contributed by atoms with E-state index in [1.165, 1.54) is 17.7 Å². The Labute approximate surface area is 167 Å². The lowest BCUT2D eigenvalue weighted by atomic mass is 9.91. The van der Waals surface area contributed by atoms with Crippen molar-refractivity contribution >= 4 is 33.9 Å². The fraction of sp³-hybridized carbons (Fsp3) is 0.476. The van der Waals surface area contributed by atoms with Crippen LogP contribution < -0.4 is 0 Å².